The molecule has 1 aromatic carbocycles. The highest BCUT2D eigenvalue weighted by Crippen LogP contribution is 2.30. The number of methoxy groups -OCH3 is 1. The SMILES string of the molecule is COc1ccc(CSC2CCOC2C)cc1C#CCN. The van der Waals surface area contributed by atoms with Crippen molar-refractivity contribution >= 4 is 11.8 Å². The number of nitrogens with two attached hydrogens (primary N) is 1. The highest BCUT2D eigenvalue weighted by Gasteiger charge is 2.24. The van der Waals surface area contributed by atoms with E-state index in [9.17, 15) is 0 Å². The third-order valence-corrected chi connectivity index (χ3v) is 4.91. The molecule has 0 saturated carbocycles. The monoisotopic (exact) mass is 291 g/mol. The zero-order valence-corrected chi connectivity index (χ0v) is 12.8. The van der Waals surface area contributed by atoms with Crippen LogP contribution in [0.1, 0.15) is 24.5 Å². The molecule has 2 unspecified atom stereocenters. The fourth-order valence-corrected chi connectivity index (χ4v) is 3.42. The minimum atomic E-state index is 0.356. The number of ether oxygens (including phenoxy) is 2. The van der Waals surface area contributed by atoms with Crippen molar-refractivity contribution in [3.05, 3.63) is 29.3 Å². The lowest BCUT2D eigenvalue weighted by Crippen LogP contribution is -2.13. The Balaban J connectivity index is 2.04. The molecule has 2 N–H and O–H groups in total. The largest absolute Gasteiger partial charge is 0.495 e. The summed E-state index contributed by atoms with van der Waals surface area (Å²) < 4.78 is 10.9. The first-order chi connectivity index (χ1) is 9.74. The number of hydrogen-bond donors (Lipinski definition) is 1. The van der Waals surface area contributed by atoms with Crippen molar-refractivity contribution in [3.8, 4) is 17.6 Å². The van der Waals surface area contributed by atoms with E-state index in [4.69, 9.17) is 15.2 Å². The van der Waals surface area contributed by atoms with Crippen molar-refractivity contribution in [2.24, 2.45) is 5.73 Å². The first-order valence-corrected chi connectivity index (χ1v) is 7.88. The molecule has 0 aliphatic carbocycles. The molecule has 2 atom stereocenters. The minimum Gasteiger partial charge on any atom is -0.495 e. The maximum atomic E-state index is 5.59. The zero-order chi connectivity index (χ0) is 14.4. The van der Waals surface area contributed by atoms with Gasteiger partial charge >= 0.3 is 0 Å². The number of benzene rings is 1. The molecule has 0 bridgehead atoms. The Bertz CT molecular complexity index is 507. The molecule has 1 aliphatic heterocycles. The summed E-state index contributed by atoms with van der Waals surface area (Å²) in [5.41, 5.74) is 7.60. The molecule has 0 aromatic heterocycles. The smallest absolute Gasteiger partial charge is 0.134 e. The molecule has 20 heavy (non-hydrogen) atoms. The van der Waals surface area contributed by atoms with E-state index in [1.54, 1.807) is 7.11 Å². The van der Waals surface area contributed by atoms with Crippen LogP contribution in [-0.2, 0) is 10.5 Å². The normalized spacial score (nSPS) is 21.4. The zero-order valence-electron chi connectivity index (χ0n) is 12.0. The van der Waals surface area contributed by atoms with Crippen LogP contribution in [0.2, 0.25) is 0 Å². The fraction of sp³-hybridized carbons (Fsp3) is 0.500. The van der Waals surface area contributed by atoms with Gasteiger partial charge in [-0.25, -0.2) is 0 Å². The van der Waals surface area contributed by atoms with Gasteiger partial charge in [-0.2, -0.15) is 11.8 Å². The summed E-state index contributed by atoms with van der Waals surface area (Å²) in [6.45, 7) is 3.39. The number of thioether (sulfide) groups is 1. The van der Waals surface area contributed by atoms with Crippen LogP contribution in [0.3, 0.4) is 0 Å². The Labute approximate surface area is 125 Å². The average Bonchev–Trinajstić information content (AvgIpc) is 2.88. The molecular weight excluding hydrogens is 270 g/mol. The van der Waals surface area contributed by atoms with E-state index < -0.39 is 0 Å². The predicted octanol–water partition coefficient (Wildman–Crippen LogP) is 2.42. The van der Waals surface area contributed by atoms with Crippen molar-refractivity contribution < 1.29 is 9.47 Å². The van der Waals surface area contributed by atoms with Crippen molar-refractivity contribution in [2.45, 2.75) is 30.5 Å². The highest BCUT2D eigenvalue weighted by molar-refractivity contribution is 7.99. The van der Waals surface area contributed by atoms with Gasteiger partial charge in [0.1, 0.15) is 5.75 Å². The van der Waals surface area contributed by atoms with Gasteiger partial charge < -0.3 is 15.2 Å². The number of rotatable bonds is 4. The van der Waals surface area contributed by atoms with Gasteiger partial charge in [0.15, 0.2) is 0 Å². The molecule has 108 valence electrons. The maximum absolute atomic E-state index is 5.59. The summed E-state index contributed by atoms with van der Waals surface area (Å²) in [5, 5.41) is 0.593. The van der Waals surface area contributed by atoms with Gasteiger partial charge in [-0.15, -0.1) is 0 Å². The third kappa shape index (κ3) is 3.92. The molecule has 0 amide bonds. The Hall–Kier alpha value is -1.15. The Kier molecular flexibility index (Phi) is 5.78. The molecular formula is C16H21NO2S. The molecule has 4 heteroatoms. The van der Waals surface area contributed by atoms with Crippen LogP contribution in [0.5, 0.6) is 5.75 Å². The summed E-state index contributed by atoms with van der Waals surface area (Å²) in [4.78, 5) is 0. The second-order valence-electron chi connectivity index (χ2n) is 4.75. The molecule has 3 nitrogen and oxygen atoms in total. The molecule has 0 radical (unpaired) electrons. The first kappa shape index (κ1) is 15.2. The predicted molar refractivity (Wildman–Crippen MR) is 84.0 cm³/mol. The molecule has 0 spiro atoms. The molecule has 1 aliphatic rings. The molecule has 1 aromatic rings. The quantitative estimate of drug-likeness (QED) is 0.865. The summed E-state index contributed by atoms with van der Waals surface area (Å²) >= 11 is 1.95. The highest BCUT2D eigenvalue weighted by atomic mass is 32.2. The van der Waals surface area contributed by atoms with E-state index in [1.165, 1.54) is 5.56 Å². The van der Waals surface area contributed by atoms with E-state index in [2.05, 4.69) is 30.9 Å². The third-order valence-electron chi connectivity index (χ3n) is 3.36. The maximum Gasteiger partial charge on any atom is 0.134 e. The Morgan fingerprint density at radius 3 is 3.00 bits per heavy atom. The van der Waals surface area contributed by atoms with Crippen molar-refractivity contribution in [1.82, 2.24) is 0 Å². The van der Waals surface area contributed by atoms with E-state index in [0.29, 0.717) is 17.9 Å². The van der Waals surface area contributed by atoms with Crippen LogP contribution < -0.4 is 10.5 Å². The standard InChI is InChI=1S/C16H21NO2S/c1-12-16(7-9-19-12)20-11-13-5-6-15(18-2)14(10-13)4-3-8-17/h5-6,10,12,16H,7-9,11,17H2,1-2H3. The Morgan fingerprint density at radius 1 is 1.50 bits per heavy atom. The van der Waals surface area contributed by atoms with Crippen LogP contribution in [0.4, 0.5) is 0 Å². The summed E-state index contributed by atoms with van der Waals surface area (Å²) in [6, 6.07) is 6.17. The average molecular weight is 291 g/mol. The van der Waals surface area contributed by atoms with Gasteiger partial charge in [-0.1, -0.05) is 17.9 Å². The van der Waals surface area contributed by atoms with Crippen LogP contribution in [0, 0.1) is 11.8 Å². The summed E-state index contributed by atoms with van der Waals surface area (Å²) in [5.74, 6) is 7.72. The molecule has 1 heterocycles. The lowest BCUT2D eigenvalue weighted by molar-refractivity contribution is 0.127. The minimum absolute atomic E-state index is 0.356. The summed E-state index contributed by atoms with van der Waals surface area (Å²) in [7, 11) is 1.66. The second kappa shape index (κ2) is 7.58. The van der Waals surface area contributed by atoms with Crippen molar-refractivity contribution in [3.63, 3.8) is 0 Å². The second-order valence-corrected chi connectivity index (χ2v) is 5.98. The number of hydrogen-bond acceptors (Lipinski definition) is 4. The van der Waals surface area contributed by atoms with Gasteiger partial charge in [0.25, 0.3) is 0 Å². The van der Waals surface area contributed by atoms with Crippen LogP contribution in [0.25, 0.3) is 0 Å². The first-order valence-electron chi connectivity index (χ1n) is 6.83. The summed E-state index contributed by atoms with van der Waals surface area (Å²) in [6.07, 6.45) is 1.50. The van der Waals surface area contributed by atoms with Crippen LogP contribution in [-0.4, -0.2) is 31.6 Å². The van der Waals surface area contributed by atoms with Crippen LogP contribution in [0.15, 0.2) is 18.2 Å². The lowest BCUT2D eigenvalue weighted by Gasteiger charge is -2.14. The van der Waals surface area contributed by atoms with E-state index in [1.807, 2.05) is 17.8 Å². The van der Waals surface area contributed by atoms with Gasteiger partial charge in [0, 0.05) is 17.6 Å². The topological polar surface area (TPSA) is 44.5 Å². The van der Waals surface area contributed by atoms with Gasteiger partial charge in [-0.05, 0) is 31.0 Å². The van der Waals surface area contributed by atoms with E-state index in [0.717, 1.165) is 30.1 Å². The molecule has 1 saturated heterocycles. The van der Waals surface area contributed by atoms with E-state index >= 15 is 0 Å². The molecule has 2 rings (SSSR count). The van der Waals surface area contributed by atoms with E-state index in [-0.39, 0.29) is 0 Å². The van der Waals surface area contributed by atoms with Gasteiger partial charge in [0.05, 0.1) is 25.3 Å². The van der Waals surface area contributed by atoms with Crippen molar-refractivity contribution in [2.75, 3.05) is 20.3 Å². The lowest BCUT2D eigenvalue weighted by atomic mass is 10.1. The Morgan fingerprint density at radius 2 is 2.35 bits per heavy atom. The molecule has 1 fully saturated rings. The van der Waals surface area contributed by atoms with Crippen molar-refractivity contribution in [1.29, 1.82) is 0 Å². The fourth-order valence-electron chi connectivity index (χ4n) is 2.22. The van der Waals surface area contributed by atoms with Gasteiger partial charge in [-0.3, -0.25) is 0 Å². The van der Waals surface area contributed by atoms with Gasteiger partial charge in [0.2, 0.25) is 0 Å². The van der Waals surface area contributed by atoms with Crippen LogP contribution >= 0.6 is 11.8 Å².